The van der Waals surface area contributed by atoms with Gasteiger partial charge < -0.3 is 10.7 Å². The van der Waals surface area contributed by atoms with Crippen LogP contribution < -0.4 is 5.73 Å². The molecule has 80 valence electrons. The van der Waals surface area contributed by atoms with Gasteiger partial charge in [0.15, 0.2) is 0 Å². The number of benzene rings is 1. The Morgan fingerprint density at radius 1 is 1.25 bits per heavy atom. The molecule has 0 bridgehead atoms. The minimum atomic E-state index is 0.472. The highest BCUT2D eigenvalue weighted by Crippen LogP contribution is 2.21. The molecule has 0 aliphatic rings. The molecular formula is C11H11N5. The van der Waals surface area contributed by atoms with Crippen LogP contribution in [0.3, 0.4) is 0 Å². The van der Waals surface area contributed by atoms with Gasteiger partial charge in [-0.15, -0.1) is 0 Å². The number of hydrogen-bond acceptors (Lipinski definition) is 3. The highest BCUT2D eigenvalue weighted by atomic mass is 15.1. The maximum Gasteiger partial charge on any atom is 0.0931 e. The minimum Gasteiger partial charge on any atom is -0.345 e. The number of aromatic amines is 2. The van der Waals surface area contributed by atoms with Gasteiger partial charge in [0.2, 0.25) is 0 Å². The van der Waals surface area contributed by atoms with Crippen LogP contribution in [0.15, 0.2) is 30.6 Å². The van der Waals surface area contributed by atoms with Gasteiger partial charge in [0.25, 0.3) is 0 Å². The molecule has 3 rings (SSSR count). The van der Waals surface area contributed by atoms with E-state index >= 15 is 0 Å². The molecule has 1 aromatic carbocycles. The number of rotatable bonds is 2. The van der Waals surface area contributed by atoms with Gasteiger partial charge in [-0.05, 0) is 18.2 Å². The van der Waals surface area contributed by atoms with Crippen molar-refractivity contribution in [2.24, 2.45) is 5.73 Å². The Morgan fingerprint density at radius 2 is 2.19 bits per heavy atom. The zero-order valence-corrected chi connectivity index (χ0v) is 8.57. The van der Waals surface area contributed by atoms with Gasteiger partial charge in [-0.2, -0.15) is 5.10 Å². The molecular weight excluding hydrogens is 202 g/mol. The summed E-state index contributed by atoms with van der Waals surface area (Å²) in [5, 5.41) is 7.10. The second-order valence-electron chi connectivity index (χ2n) is 3.62. The lowest BCUT2D eigenvalue weighted by Gasteiger charge is -1.95. The van der Waals surface area contributed by atoms with Crippen LogP contribution >= 0.6 is 0 Å². The first-order valence-electron chi connectivity index (χ1n) is 5.04. The minimum absolute atomic E-state index is 0.472. The molecule has 4 N–H and O–H groups in total. The van der Waals surface area contributed by atoms with Crippen LogP contribution in [-0.4, -0.2) is 20.2 Å². The molecule has 16 heavy (non-hydrogen) atoms. The monoisotopic (exact) mass is 213 g/mol. The number of imidazole rings is 1. The van der Waals surface area contributed by atoms with E-state index < -0.39 is 0 Å². The summed E-state index contributed by atoms with van der Waals surface area (Å²) < 4.78 is 0. The third kappa shape index (κ3) is 1.38. The molecule has 0 atom stereocenters. The topological polar surface area (TPSA) is 83.4 Å². The van der Waals surface area contributed by atoms with E-state index in [4.69, 9.17) is 5.73 Å². The van der Waals surface area contributed by atoms with Crippen molar-refractivity contribution in [1.29, 1.82) is 0 Å². The molecule has 2 heterocycles. The summed E-state index contributed by atoms with van der Waals surface area (Å²) >= 11 is 0. The predicted octanol–water partition coefficient (Wildman–Crippen LogP) is 1.41. The molecule has 5 nitrogen and oxygen atoms in total. The number of nitrogens with two attached hydrogens (primary N) is 1. The number of H-pyrrole nitrogens is 2. The van der Waals surface area contributed by atoms with Gasteiger partial charge in [-0.1, -0.05) is 6.07 Å². The van der Waals surface area contributed by atoms with Gasteiger partial charge in [-0.25, -0.2) is 4.98 Å². The van der Waals surface area contributed by atoms with Gasteiger partial charge >= 0.3 is 0 Å². The Bertz CT molecular complexity index is 622. The normalized spacial score (nSPS) is 11.1. The van der Waals surface area contributed by atoms with Gasteiger partial charge in [-0.3, -0.25) is 5.10 Å². The molecule has 0 saturated carbocycles. The summed E-state index contributed by atoms with van der Waals surface area (Å²) in [5.74, 6) is 0. The maximum absolute atomic E-state index is 5.53. The van der Waals surface area contributed by atoms with Crippen LogP contribution in [0, 0.1) is 0 Å². The fraction of sp³-hybridized carbons (Fsp3) is 0.0909. The molecule has 5 heteroatoms. The predicted molar refractivity (Wildman–Crippen MR) is 61.6 cm³/mol. The lowest BCUT2D eigenvalue weighted by Crippen LogP contribution is -1.95. The first-order chi connectivity index (χ1) is 7.86. The van der Waals surface area contributed by atoms with E-state index in [1.165, 1.54) is 0 Å². The summed E-state index contributed by atoms with van der Waals surface area (Å²) in [7, 11) is 0. The highest BCUT2D eigenvalue weighted by molar-refractivity contribution is 5.80. The number of hydrogen-bond donors (Lipinski definition) is 3. The molecule has 0 aliphatic carbocycles. The summed E-state index contributed by atoms with van der Waals surface area (Å²) in [6.07, 6.45) is 1.68. The fourth-order valence-electron chi connectivity index (χ4n) is 1.71. The van der Waals surface area contributed by atoms with Gasteiger partial charge in [0, 0.05) is 17.8 Å². The summed E-state index contributed by atoms with van der Waals surface area (Å²) in [4.78, 5) is 7.25. The second-order valence-corrected chi connectivity index (χ2v) is 3.62. The van der Waals surface area contributed by atoms with Gasteiger partial charge in [0.05, 0.1) is 23.1 Å². The van der Waals surface area contributed by atoms with Crippen molar-refractivity contribution < 1.29 is 0 Å². The maximum atomic E-state index is 5.53. The standard InChI is InChI=1S/C11H11N5/c12-5-8-4-10(16-15-8)7-1-2-9-11(3-7)14-6-13-9/h1-4,6H,5,12H2,(H,13,14)(H,15,16). The molecule has 3 aromatic rings. The Hall–Kier alpha value is -2.14. The van der Waals surface area contributed by atoms with Crippen molar-refractivity contribution in [2.75, 3.05) is 0 Å². The average Bonchev–Trinajstić information content (AvgIpc) is 2.96. The Kier molecular flexibility index (Phi) is 1.97. The van der Waals surface area contributed by atoms with Crippen LogP contribution in [-0.2, 0) is 6.54 Å². The van der Waals surface area contributed by atoms with E-state index in [-0.39, 0.29) is 0 Å². The third-order valence-corrected chi connectivity index (χ3v) is 2.57. The Labute approximate surface area is 91.7 Å². The first-order valence-corrected chi connectivity index (χ1v) is 5.04. The Balaban J connectivity index is 2.10. The van der Waals surface area contributed by atoms with Crippen molar-refractivity contribution >= 4 is 11.0 Å². The third-order valence-electron chi connectivity index (χ3n) is 2.57. The number of aromatic nitrogens is 4. The van der Waals surface area contributed by atoms with E-state index in [9.17, 15) is 0 Å². The molecule has 0 radical (unpaired) electrons. The van der Waals surface area contributed by atoms with E-state index in [1.807, 2.05) is 24.3 Å². The largest absolute Gasteiger partial charge is 0.345 e. The van der Waals surface area contributed by atoms with E-state index in [2.05, 4.69) is 20.2 Å². The van der Waals surface area contributed by atoms with Crippen LogP contribution in [0.25, 0.3) is 22.3 Å². The van der Waals surface area contributed by atoms with Crippen LogP contribution in [0.2, 0.25) is 0 Å². The zero-order valence-electron chi connectivity index (χ0n) is 8.57. The number of nitrogens with zero attached hydrogens (tertiary/aromatic N) is 2. The molecule has 0 unspecified atom stereocenters. The van der Waals surface area contributed by atoms with Gasteiger partial charge in [0.1, 0.15) is 0 Å². The van der Waals surface area contributed by atoms with Crippen molar-refractivity contribution in [1.82, 2.24) is 20.2 Å². The van der Waals surface area contributed by atoms with E-state index in [1.54, 1.807) is 6.33 Å². The zero-order chi connectivity index (χ0) is 11.0. The van der Waals surface area contributed by atoms with Crippen molar-refractivity contribution in [2.45, 2.75) is 6.54 Å². The first kappa shape index (κ1) is 9.11. The van der Waals surface area contributed by atoms with Crippen molar-refractivity contribution in [3.05, 3.63) is 36.3 Å². The fourth-order valence-corrected chi connectivity index (χ4v) is 1.71. The molecule has 0 fully saturated rings. The lowest BCUT2D eigenvalue weighted by atomic mass is 10.1. The molecule has 2 aromatic heterocycles. The molecule has 0 spiro atoms. The van der Waals surface area contributed by atoms with Crippen molar-refractivity contribution in [3.8, 4) is 11.3 Å². The highest BCUT2D eigenvalue weighted by Gasteiger charge is 2.04. The van der Waals surface area contributed by atoms with Crippen molar-refractivity contribution in [3.63, 3.8) is 0 Å². The van der Waals surface area contributed by atoms with Crippen LogP contribution in [0.1, 0.15) is 5.69 Å². The lowest BCUT2D eigenvalue weighted by molar-refractivity contribution is 0.948. The molecule has 0 amide bonds. The molecule has 0 aliphatic heterocycles. The summed E-state index contributed by atoms with van der Waals surface area (Å²) in [6.45, 7) is 0.472. The number of fused-ring (bicyclic) bond motifs is 1. The smallest absolute Gasteiger partial charge is 0.0931 e. The molecule has 0 saturated heterocycles. The van der Waals surface area contributed by atoms with Crippen LogP contribution in [0.5, 0.6) is 0 Å². The summed E-state index contributed by atoms with van der Waals surface area (Å²) in [5.41, 5.74) is 10.4. The second kappa shape index (κ2) is 3.46. The number of nitrogens with one attached hydrogen (secondary N) is 2. The summed E-state index contributed by atoms with van der Waals surface area (Å²) in [6, 6.07) is 7.95. The van der Waals surface area contributed by atoms with Crippen LogP contribution in [0.4, 0.5) is 0 Å². The SMILES string of the molecule is NCc1cc(-c2ccc3nc[nH]c3c2)n[nH]1. The Morgan fingerprint density at radius 3 is 3.00 bits per heavy atom. The average molecular weight is 213 g/mol. The van der Waals surface area contributed by atoms with E-state index in [0.717, 1.165) is 28.0 Å². The van der Waals surface area contributed by atoms with E-state index in [0.29, 0.717) is 6.54 Å². The quantitative estimate of drug-likeness (QED) is 0.601.